The molecule has 0 bridgehead atoms. The van der Waals surface area contributed by atoms with Crippen LogP contribution >= 0.6 is 0 Å². The lowest BCUT2D eigenvalue weighted by atomic mass is 10.0. The Morgan fingerprint density at radius 3 is 2.12 bits per heavy atom. The number of primary amides is 1. The molecule has 1 aromatic heterocycles. The van der Waals surface area contributed by atoms with Crippen LogP contribution in [0.4, 0.5) is 0 Å². The Labute approximate surface area is 97.3 Å². The van der Waals surface area contributed by atoms with Gasteiger partial charge in [0.25, 0.3) is 0 Å². The van der Waals surface area contributed by atoms with Gasteiger partial charge >= 0.3 is 0 Å². The van der Waals surface area contributed by atoms with Crippen molar-refractivity contribution >= 4 is 11.7 Å². The largest absolute Gasteiger partial charge is 0.366 e. The topological polar surface area (TPSA) is 85.9 Å². The van der Waals surface area contributed by atoms with Crippen LogP contribution in [0.15, 0.2) is 42.7 Å². The van der Waals surface area contributed by atoms with E-state index >= 15 is 0 Å². The van der Waals surface area contributed by atoms with E-state index in [0.29, 0.717) is 0 Å². The first-order valence-corrected chi connectivity index (χ1v) is 4.90. The molecular weight excluding hydrogens is 218 g/mol. The molecule has 0 aliphatic heterocycles. The van der Waals surface area contributed by atoms with Crippen molar-refractivity contribution in [1.29, 1.82) is 0 Å². The number of ketones is 1. The maximum atomic E-state index is 12.0. The molecule has 2 aromatic rings. The Hall–Kier alpha value is -2.56. The molecule has 1 amide bonds. The van der Waals surface area contributed by atoms with Crippen LogP contribution in [-0.2, 0) is 0 Å². The average molecular weight is 227 g/mol. The summed E-state index contributed by atoms with van der Waals surface area (Å²) < 4.78 is 0. The third-order valence-corrected chi connectivity index (χ3v) is 2.21. The average Bonchev–Trinajstić information content (AvgIpc) is 2.39. The second-order valence-corrected chi connectivity index (χ2v) is 3.31. The standard InChI is InChI=1S/C12H9N3O2/c13-11(17)9-5-2-1-4-8(9)10(16)12-14-6-3-7-15-12/h1-7H,(H2,13,17). The number of hydrogen-bond acceptors (Lipinski definition) is 4. The molecule has 1 aromatic carbocycles. The summed E-state index contributed by atoms with van der Waals surface area (Å²) in [5.74, 6) is -1.02. The van der Waals surface area contributed by atoms with Crippen LogP contribution in [0.5, 0.6) is 0 Å². The quantitative estimate of drug-likeness (QED) is 0.786. The SMILES string of the molecule is NC(=O)c1ccccc1C(=O)c1ncccn1. The van der Waals surface area contributed by atoms with Gasteiger partial charge in [-0.15, -0.1) is 0 Å². The number of nitrogens with two attached hydrogens (primary N) is 1. The maximum absolute atomic E-state index is 12.0. The second-order valence-electron chi connectivity index (χ2n) is 3.31. The number of nitrogens with zero attached hydrogens (tertiary/aromatic N) is 2. The predicted octanol–water partition coefficient (Wildman–Crippen LogP) is 0.806. The highest BCUT2D eigenvalue weighted by Crippen LogP contribution is 2.11. The van der Waals surface area contributed by atoms with Crippen LogP contribution in [0.1, 0.15) is 26.5 Å². The molecule has 0 radical (unpaired) electrons. The number of carbonyl (C=O) groups is 2. The van der Waals surface area contributed by atoms with Crippen LogP contribution in [0, 0.1) is 0 Å². The fourth-order valence-electron chi connectivity index (χ4n) is 1.43. The molecule has 17 heavy (non-hydrogen) atoms. The number of amides is 1. The molecule has 0 saturated carbocycles. The van der Waals surface area contributed by atoms with Gasteiger partial charge in [-0.1, -0.05) is 18.2 Å². The van der Waals surface area contributed by atoms with Gasteiger partial charge in [0.05, 0.1) is 5.56 Å². The molecule has 0 saturated heterocycles. The second kappa shape index (κ2) is 4.52. The fraction of sp³-hybridized carbons (Fsp3) is 0. The third kappa shape index (κ3) is 2.17. The predicted molar refractivity (Wildman–Crippen MR) is 60.4 cm³/mol. The van der Waals surface area contributed by atoms with Gasteiger partial charge in [0.1, 0.15) is 0 Å². The summed E-state index contributed by atoms with van der Waals surface area (Å²) in [5.41, 5.74) is 5.58. The van der Waals surface area contributed by atoms with E-state index in [0.717, 1.165) is 0 Å². The number of benzene rings is 1. The van der Waals surface area contributed by atoms with E-state index in [2.05, 4.69) is 9.97 Å². The Kier molecular flexibility index (Phi) is 2.91. The van der Waals surface area contributed by atoms with Crippen molar-refractivity contribution in [1.82, 2.24) is 9.97 Å². The number of rotatable bonds is 3. The van der Waals surface area contributed by atoms with Gasteiger partial charge in [-0.2, -0.15) is 0 Å². The van der Waals surface area contributed by atoms with E-state index in [1.807, 2.05) is 0 Å². The van der Waals surface area contributed by atoms with Crippen molar-refractivity contribution in [3.8, 4) is 0 Å². The van der Waals surface area contributed by atoms with Gasteiger partial charge in [0, 0.05) is 18.0 Å². The number of aromatic nitrogens is 2. The maximum Gasteiger partial charge on any atom is 0.249 e. The minimum Gasteiger partial charge on any atom is -0.366 e. The monoisotopic (exact) mass is 227 g/mol. The Bertz CT molecular complexity index is 567. The first-order chi connectivity index (χ1) is 8.20. The van der Waals surface area contributed by atoms with Gasteiger partial charge in [-0.05, 0) is 12.1 Å². The Morgan fingerprint density at radius 1 is 0.941 bits per heavy atom. The summed E-state index contributed by atoms with van der Waals surface area (Å²) in [6, 6.07) is 7.93. The Balaban J connectivity index is 2.48. The summed E-state index contributed by atoms with van der Waals surface area (Å²) >= 11 is 0. The van der Waals surface area contributed by atoms with Crippen LogP contribution in [0.3, 0.4) is 0 Å². The van der Waals surface area contributed by atoms with Gasteiger partial charge in [0.2, 0.25) is 17.5 Å². The molecule has 84 valence electrons. The van der Waals surface area contributed by atoms with E-state index in [1.165, 1.54) is 24.5 Å². The number of carbonyl (C=O) groups excluding carboxylic acids is 2. The molecule has 0 aliphatic carbocycles. The van der Waals surface area contributed by atoms with Crippen LogP contribution < -0.4 is 5.73 Å². The molecule has 1 heterocycles. The highest BCUT2D eigenvalue weighted by molar-refractivity contribution is 6.13. The molecule has 2 N–H and O–H groups in total. The van der Waals surface area contributed by atoms with Gasteiger partial charge in [-0.3, -0.25) is 9.59 Å². The van der Waals surface area contributed by atoms with Crippen molar-refractivity contribution in [2.75, 3.05) is 0 Å². The zero-order valence-corrected chi connectivity index (χ0v) is 8.83. The van der Waals surface area contributed by atoms with Gasteiger partial charge in [-0.25, -0.2) is 9.97 Å². The smallest absolute Gasteiger partial charge is 0.249 e. The van der Waals surface area contributed by atoms with E-state index in [9.17, 15) is 9.59 Å². The summed E-state index contributed by atoms with van der Waals surface area (Å²) in [4.78, 5) is 30.9. The first-order valence-electron chi connectivity index (χ1n) is 4.90. The molecule has 0 aliphatic rings. The molecule has 5 heteroatoms. The van der Waals surface area contributed by atoms with E-state index in [-0.39, 0.29) is 17.0 Å². The fourth-order valence-corrected chi connectivity index (χ4v) is 1.43. The molecule has 5 nitrogen and oxygen atoms in total. The van der Waals surface area contributed by atoms with Crippen LogP contribution in [-0.4, -0.2) is 21.7 Å². The molecule has 0 spiro atoms. The molecular formula is C12H9N3O2. The lowest BCUT2D eigenvalue weighted by molar-refractivity contribution is 0.0978. The zero-order chi connectivity index (χ0) is 12.3. The molecule has 0 unspecified atom stereocenters. The van der Waals surface area contributed by atoms with Gasteiger partial charge in [0.15, 0.2) is 0 Å². The lowest BCUT2D eigenvalue weighted by Gasteiger charge is -2.03. The van der Waals surface area contributed by atoms with Crippen molar-refractivity contribution in [3.63, 3.8) is 0 Å². The highest BCUT2D eigenvalue weighted by atomic mass is 16.1. The summed E-state index contributed by atoms with van der Waals surface area (Å²) in [7, 11) is 0. The Morgan fingerprint density at radius 2 is 1.53 bits per heavy atom. The van der Waals surface area contributed by atoms with Gasteiger partial charge < -0.3 is 5.73 Å². The normalized spacial score (nSPS) is 9.88. The van der Waals surface area contributed by atoms with E-state index < -0.39 is 11.7 Å². The third-order valence-electron chi connectivity index (χ3n) is 2.21. The van der Waals surface area contributed by atoms with E-state index in [4.69, 9.17) is 5.73 Å². The zero-order valence-electron chi connectivity index (χ0n) is 8.83. The van der Waals surface area contributed by atoms with Crippen molar-refractivity contribution in [2.24, 2.45) is 5.73 Å². The molecule has 0 atom stereocenters. The van der Waals surface area contributed by atoms with Crippen LogP contribution in [0.25, 0.3) is 0 Å². The summed E-state index contributed by atoms with van der Waals surface area (Å²) in [6.07, 6.45) is 2.93. The molecule has 0 fully saturated rings. The summed E-state index contributed by atoms with van der Waals surface area (Å²) in [6.45, 7) is 0. The first kappa shape index (κ1) is 10.9. The van der Waals surface area contributed by atoms with Crippen molar-refractivity contribution < 1.29 is 9.59 Å². The van der Waals surface area contributed by atoms with E-state index in [1.54, 1.807) is 18.2 Å². The van der Waals surface area contributed by atoms with Crippen molar-refractivity contribution in [3.05, 3.63) is 59.7 Å². The lowest BCUT2D eigenvalue weighted by Crippen LogP contribution is -2.17. The number of hydrogen-bond donors (Lipinski definition) is 1. The highest BCUT2D eigenvalue weighted by Gasteiger charge is 2.17. The minimum absolute atomic E-state index is 0.0428. The van der Waals surface area contributed by atoms with Crippen molar-refractivity contribution in [2.45, 2.75) is 0 Å². The minimum atomic E-state index is -0.648. The molecule has 2 rings (SSSR count). The summed E-state index contributed by atoms with van der Waals surface area (Å²) in [5, 5.41) is 0. The van der Waals surface area contributed by atoms with Crippen LogP contribution in [0.2, 0.25) is 0 Å².